The Kier molecular flexibility index (Phi) is 4.98. The summed E-state index contributed by atoms with van der Waals surface area (Å²) < 4.78 is 27.6. The number of hydrogen-bond acceptors (Lipinski definition) is 3. The second-order valence-corrected chi connectivity index (χ2v) is 5.53. The first-order valence-corrected chi connectivity index (χ1v) is 6.93. The molecule has 0 aromatic carbocycles. The first-order chi connectivity index (χ1) is 7.11. The number of aliphatic hydroxyl groups is 1. The van der Waals surface area contributed by atoms with Gasteiger partial charge in [-0.2, -0.15) is 12.7 Å². The van der Waals surface area contributed by atoms with Crippen molar-refractivity contribution in [3.05, 3.63) is 0 Å². The summed E-state index contributed by atoms with van der Waals surface area (Å²) in [5.41, 5.74) is 0. The van der Waals surface area contributed by atoms with Crippen LogP contribution in [0.1, 0.15) is 32.6 Å². The van der Waals surface area contributed by atoms with Gasteiger partial charge in [0, 0.05) is 19.1 Å². The highest BCUT2D eigenvalue weighted by Crippen LogP contribution is 2.26. The molecule has 0 aliphatic heterocycles. The van der Waals surface area contributed by atoms with Gasteiger partial charge in [-0.05, 0) is 19.3 Å². The lowest BCUT2D eigenvalue weighted by atomic mass is 9.93. The Hall–Kier alpha value is -0.170. The van der Waals surface area contributed by atoms with E-state index in [-0.39, 0.29) is 19.2 Å². The lowest BCUT2D eigenvalue weighted by Crippen LogP contribution is -2.50. The number of nitrogens with one attached hydrogen (secondary N) is 1. The highest BCUT2D eigenvalue weighted by molar-refractivity contribution is 7.87. The standard InChI is InChI=1S/C9H20N2O3S/c1-2-6-10-15(13,14)11(7-8-12)9-4-3-5-9/h9-10,12H,2-8H2,1H3. The van der Waals surface area contributed by atoms with Crippen molar-refractivity contribution in [2.45, 2.75) is 38.6 Å². The lowest BCUT2D eigenvalue weighted by molar-refractivity contribution is 0.176. The van der Waals surface area contributed by atoms with E-state index >= 15 is 0 Å². The molecule has 1 saturated carbocycles. The third-order valence-corrected chi connectivity index (χ3v) is 4.31. The van der Waals surface area contributed by atoms with Gasteiger partial charge in [0.1, 0.15) is 0 Å². The van der Waals surface area contributed by atoms with E-state index in [0.717, 1.165) is 25.7 Å². The minimum absolute atomic E-state index is 0.0894. The van der Waals surface area contributed by atoms with Gasteiger partial charge >= 0.3 is 0 Å². The predicted molar refractivity (Wildman–Crippen MR) is 58.6 cm³/mol. The molecule has 0 radical (unpaired) electrons. The fraction of sp³-hybridized carbons (Fsp3) is 1.00. The van der Waals surface area contributed by atoms with E-state index in [4.69, 9.17) is 5.11 Å². The molecule has 1 rings (SSSR count). The fourth-order valence-corrected chi connectivity index (χ4v) is 3.14. The summed E-state index contributed by atoms with van der Waals surface area (Å²) in [6.07, 6.45) is 3.67. The van der Waals surface area contributed by atoms with E-state index in [2.05, 4.69) is 4.72 Å². The van der Waals surface area contributed by atoms with E-state index in [9.17, 15) is 8.42 Å². The van der Waals surface area contributed by atoms with Crippen LogP contribution in [0.4, 0.5) is 0 Å². The molecule has 1 aliphatic carbocycles. The zero-order valence-corrected chi connectivity index (χ0v) is 9.96. The minimum Gasteiger partial charge on any atom is -0.395 e. The Morgan fingerprint density at radius 1 is 1.47 bits per heavy atom. The average molecular weight is 236 g/mol. The van der Waals surface area contributed by atoms with Crippen LogP contribution in [-0.2, 0) is 10.2 Å². The molecule has 1 aliphatic rings. The molecule has 0 aromatic rings. The van der Waals surface area contributed by atoms with Gasteiger partial charge in [0.25, 0.3) is 10.2 Å². The van der Waals surface area contributed by atoms with Crippen molar-refractivity contribution in [2.24, 2.45) is 0 Å². The van der Waals surface area contributed by atoms with Crippen molar-refractivity contribution in [2.75, 3.05) is 19.7 Å². The van der Waals surface area contributed by atoms with Gasteiger partial charge in [0.2, 0.25) is 0 Å². The monoisotopic (exact) mass is 236 g/mol. The summed E-state index contributed by atoms with van der Waals surface area (Å²) in [4.78, 5) is 0. The maximum Gasteiger partial charge on any atom is 0.279 e. The van der Waals surface area contributed by atoms with E-state index in [1.54, 1.807) is 0 Å². The van der Waals surface area contributed by atoms with E-state index in [1.165, 1.54) is 4.31 Å². The van der Waals surface area contributed by atoms with Crippen LogP contribution in [0.2, 0.25) is 0 Å². The summed E-state index contributed by atoms with van der Waals surface area (Å²) >= 11 is 0. The van der Waals surface area contributed by atoms with E-state index in [1.807, 2.05) is 6.92 Å². The molecule has 1 fully saturated rings. The lowest BCUT2D eigenvalue weighted by Gasteiger charge is -2.36. The zero-order valence-electron chi connectivity index (χ0n) is 9.15. The summed E-state index contributed by atoms with van der Waals surface area (Å²) in [6.45, 7) is 2.45. The average Bonchev–Trinajstić information content (AvgIpc) is 2.11. The third-order valence-electron chi connectivity index (χ3n) is 2.65. The number of rotatable bonds is 7. The maximum absolute atomic E-state index is 11.8. The van der Waals surface area contributed by atoms with Crippen LogP contribution in [0.15, 0.2) is 0 Å². The van der Waals surface area contributed by atoms with Crippen molar-refractivity contribution in [1.29, 1.82) is 0 Å². The first-order valence-electron chi connectivity index (χ1n) is 5.49. The van der Waals surface area contributed by atoms with Gasteiger partial charge in [-0.15, -0.1) is 0 Å². The van der Waals surface area contributed by atoms with Gasteiger partial charge in [-0.1, -0.05) is 13.3 Å². The van der Waals surface area contributed by atoms with Gasteiger partial charge in [-0.3, -0.25) is 0 Å². The second-order valence-electron chi connectivity index (χ2n) is 3.82. The molecule has 15 heavy (non-hydrogen) atoms. The number of hydrogen-bond donors (Lipinski definition) is 2. The van der Waals surface area contributed by atoms with Crippen molar-refractivity contribution in [3.63, 3.8) is 0 Å². The van der Waals surface area contributed by atoms with Crippen molar-refractivity contribution in [3.8, 4) is 0 Å². The summed E-state index contributed by atoms with van der Waals surface area (Å²) in [7, 11) is -3.38. The van der Waals surface area contributed by atoms with Gasteiger partial charge in [0.05, 0.1) is 6.61 Å². The largest absolute Gasteiger partial charge is 0.395 e. The molecular weight excluding hydrogens is 216 g/mol. The molecular formula is C9H20N2O3S. The molecule has 2 N–H and O–H groups in total. The van der Waals surface area contributed by atoms with Crippen LogP contribution < -0.4 is 4.72 Å². The highest BCUT2D eigenvalue weighted by atomic mass is 32.2. The number of aliphatic hydroxyl groups excluding tert-OH is 1. The normalized spacial score (nSPS) is 18.1. The SMILES string of the molecule is CCCNS(=O)(=O)N(CCO)C1CCC1. The van der Waals surface area contributed by atoms with Crippen LogP contribution in [0, 0.1) is 0 Å². The summed E-state index contributed by atoms with van der Waals surface area (Å²) in [6, 6.07) is 0.0894. The molecule has 0 atom stereocenters. The smallest absolute Gasteiger partial charge is 0.279 e. The summed E-state index contributed by atoms with van der Waals surface area (Å²) in [5.74, 6) is 0. The molecule has 0 unspecified atom stereocenters. The molecule has 0 aromatic heterocycles. The summed E-state index contributed by atoms with van der Waals surface area (Å²) in [5, 5.41) is 8.86. The van der Waals surface area contributed by atoms with Gasteiger partial charge < -0.3 is 5.11 Å². The van der Waals surface area contributed by atoms with E-state index in [0.29, 0.717) is 6.54 Å². The van der Waals surface area contributed by atoms with Crippen LogP contribution >= 0.6 is 0 Å². The van der Waals surface area contributed by atoms with Crippen LogP contribution in [0.25, 0.3) is 0 Å². The Bertz CT molecular complexity index is 275. The van der Waals surface area contributed by atoms with E-state index < -0.39 is 10.2 Å². The molecule has 0 saturated heterocycles. The van der Waals surface area contributed by atoms with Crippen molar-refractivity contribution >= 4 is 10.2 Å². The maximum atomic E-state index is 11.8. The van der Waals surface area contributed by atoms with Crippen molar-refractivity contribution < 1.29 is 13.5 Å². The molecule has 6 heteroatoms. The molecule has 0 bridgehead atoms. The van der Waals surface area contributed by atoms with Crippen molar-refractivity contribution in [1.82, 2.24) is 9.03 Å². The Morgan fingerprint density at radius 3 is 2.53 bits per heavy atom. The molecule has 0 spiro atoms. The highest BCUT2D eigenvalue weighted by Gasteiger charge is 2.32. The van der Waals surface area contributed by atoms with Gasteiger partial charge in [-0.25, -0.2) is 4.72 Å². The zero-order chi connectivity index (χ0) is 11.3. The Labute approximate surface area is 91.7 Å². The third kappa shape index (κ3) is 3.41. The first kappa shape index (κ1) is 12.9. The molecule has 90 valence electrons. The Morgan fingerprint density at radius 2 is 2.13 bits per heavy atom. The fourth-order valence-electron chi connectivity index (χ4n) is 1.59. The molecule has 0 amide bonds. The topological polar surface area (TPSA) is 69.6 Å². The molecule has 5 nitrogen and oxygen atoms in total. The number of nitrogens with zero attached hydrogens (tertiary/aromatic N) is 1. The molecule has 0 heterocycles. The van der Waals surface area contributed by atoms with Crippen LogP contribution in [0.3, 0.4) is 0 Å². The van der Waals surface area contributed by atoms with Crippen LogP contribution in [-0.4, -0.2) is 43.6 Å². The second kappa shape index (κ2) is 5.79. The minimum atomic E-state index is -3.38. The predicted octanol–water partition coefficient (Wildman–Crippen LogP) is 0.0776. The Balaban J connectivity index is 2.60. The quantitative estimate of drug-likeness (QED) is 0.657. The van der Waals surface area contributed by atoms with Crippen LogP contribution in [0.5, 0.6) is 0 Å². The van der Waals surface area contributed by atoms with Gasteiger partial charge in [0.15, 0.2) is 0 Å².